The van der Waals surface area contributed by atoms with Crippen molar-refractivity contribution in [3.63, 3.8) is 0 Å². The van der Waals surface area contributed by atoms with E-state index in [0.717, 1.165) is 0 Å². The minimum Gasteiger partial charge on any atom is -0.324 e. The standard InChI is InChI=1S/C21H15Cl2FN2O2/c22-17-11-10-14(12-18(17)23)25-20(27)13-26(15-6-2-1-3-7-15)21(28)16-8-4-5-9-19(16)24/h1-12H,13H2,(H,25,27). The van der Waals surface area contributed by atoms with Gasteiger partial charge in [0.05, 0.1) is 15.6 Å². The highest BCUT2D eigenvalue weighted by molar-refractivity contribution is 6.42. The van der Waals surface area contributed by atoms with Gasteiger partial charge >= 0.3 is 0 Å². The first-order chi connectivity index (χ1) is 13.5. The van der Waals surface area contributed by atoms with Crippen LogP contribution in [-0.2, 0) is 4.79 Å². The third-order valence-corrected chi connectivity index (χ3v) is 4.66. The smallest absolute Gasteiger partial charge is 0.261 e. The number of rotatable bonds is 5. The zero-order chi connectivity index (χ0) is 20.1. The normalized spacial score (nSPS) is 10.4. The van der Waals surface area contributed by atoms with Gasteiger partial charge in [-0.05, 0) is 42.5 Å². The van der Waals surface area contributed by atoms with Gasteiger partial charge in [-0.2, -0.15) is 0 Å². The van der Waals surface area contributed by atoms with Crippen molar-refractivity contribution >= 4 is 46.4 Å². The number of nitrogens with one attached hydrogen (secondary N) is 1. The minimum atomic E-state index is -0.654. The number of carbonyl (C=O) groups is 2. The van der Waals surface area contributed by atoms with Gasteiger partial charge in [0.25, 0.3) is 5.91 Å². The van der Waals surface area contributed by atoms with Gasteiger partial charge in [0.15, 0.2) is 0 Å². The number of benzene rings is 3. The Balaban J connectivity index is 1.85. The molecule has 0 heterocycles. The Morgan fingerprint density at radius 2 is 1.57 bits per heavy atom. The highest BCUT2D eigenvalue weighted by atomic mass is 35.5. The van der Waals surface area contributed by atoms with Crippen molar-refractivity contribution < 1.29 is 14.0 Å². The van der Waals surface area contributed by atoms with E-state index in [1.807, 2.05) is 0 Å². The second-order valence-corrected chi connectivity index (χ2v) is 6.70. The average Bonchev–Trinajstić information content (AvgIpc) is 2.69. The molecule has 0 radical (unpaired) electrons. The van der Waals surface area contributed by atoms with Crippen molar-refractivity contribution in [1.29, 1.82) is 0 Å². The molecule has 0 fully saturated rings. The summed E-state index contributed by atoms with van der Waals surface area (Å²) in [6.45, 7) is -0.308. The summed E-state index contributed by atoms with van der Waals surface area (Å²) < 4.78 is 14.1. The van der Waals surface area contributed by atoms with E-state index in [1.165, 1.54) is 29.2 Å². The first-order valence-corrected chi connectivity index (χ1v) is 9.07. The SMILES string of the molecule is O=C(CN(C(=O)c1ccccc1F)c1ccccc1)Nc1ccc(Cl)c(Cl)c1. The number of anilines is 2. The van der Waals surface area contributed by atoms with E-state index in [0.29, 0.717) is 21.4 Å². The van der Waals surface area contributed by atoms with Crippen molar-refractivity contribution in [2.75, 3.05) is 16.8 Å². The molecule has 7 heteroatoms. The van der Waals surface area contributed by atoms with Gasteiger partial charge in [-0.15, -0.1) is 0 Å². The largest absolute Gasteiger partial charge is 0.324 e. The van der Waals surface area contributed by atoms with E-state index in [4.69, 9.17) is 23.2 Å². The third kappa shape index (κ3) is 4.68. The third-order valence-electron chi connectivity index (χ3n) is 3.92. The molecule has 1 N–H and O–H groups in total. The molecule has 0 saturated heterocycles. The van der Waals surface area contributed by atoms with Gasteiger partial charge in [0, 0.05) is 11.4 Å². The molecular weight excluding hydrogens is 402 g/mol. The van der Waals surface area contributed by atoms with Crippen molar-refractivity contribution in [3.8, 4) is 0 Å². The number of amides is 2. The summed E-state index contributed by atoms with van der Waals surface area (Å²) in [7, 11) is 0. The first-order valence-electron chi connectivity index (χ1n) is 8.32. The van der Waals surface area contributed by atoms with Gasteiger partial charge in [-0.1, -0.05) is 53.5 Å². The quantitative estimate of drug-likeness (QED) is 0.603. The molecule has 142 valence electrons. The molecule has 28 heavy (non-hydrogen) atoms. The second-order valence-electron chi connectivity index (χ2n) is 5.88. The Kier molecular flexibility index (Phi) is 6.29. The van der Waals surface area contributed by atoms with E-state index in [2.05, 4.69) is 5.32 Å². The molecule has 0 atom stereocenters. The molecule has 3 aromatic carbocycles. The molecule has 0 unspecified atom stereocenters. The van der Waals surface area contributed by atoms with Crippen LogP contribution in [0.25, 0.3) is 0 Å². The Morgan fingerprint density at radius 3 is 2.25 bits per heavy atom. The van der Waals surface area contributed by atoms with Crippen LogP contribution in [0.1, 0.15) is 10.4 Å². The maximum absolute atomic E-state index is 14.1. The predicted molar refractivity (Wildman–Crippen MR) is 110 cm³/mol. The van der Waals surface area contributed by atoms with E-state index < -0.39 is 17.6 Å². The molecule has 0 aliphatic carbocycles. The van der Waals surface area contributed by atoms with Crippen molar-refractivity contribution in [1.82, 2.24) is 0 Å². The zero-order valence-corrected chi connectivity index (χ0v) is 16.0. The molecule has 0 aliphatic heterocycles. The molecule has 2 amide bonds. The summed E-state index contributed by atoms with van der Waals surface area (Å²) in [6, 6.07) is 18.9. The van der Waals surface area contributed by atoms with E-state index in [-0.39, 0.29) is 12.1 Å². The average molecular weight is 417 g/mol. The van der Waals surface area contributed by atoms with Crippen molar-refractivity contribution in [3.05, 3.63) is 94.2 Å². The maximum Gasteiger partial charge on any atom is 0.261 e. The molecule has 0 aliphatic rings. The van der Waals surface area contributed by atoms with Gasteiger partial charge < -0.3 is 5.32 Å². The summed E-state index contributed by atoms with van der Waals surface area (Å²) in [6.07, 6.45) is 0. The van der Waals surface area contributed by atoms with Crippen LogP contribution in [0.2, 0.25) is 10.0 Å². The predicted octanol–water partition coefficient (Wildman–Crippen LogP) is 5.42. The van der Waals surface area contributed by atoms with Gasteiger partial charge in [-0.25, -0.2) is 4.39 Å². The minimum absolute atomic E-state index is 0.117. The summed E-state index contributed by atoms with van der Waals surface area (Å²) in [4.78, 5) is 26.7. The zero-order valence-electron chi connectivity index (χ0n) is 14.5. The van der Waals surface area contributed by atoms with Crippen LogP contribution in [0.4, 0.5) is 15.8 Å². The number of carbonyl (C=O) groups excluding carboxylic acids is 2. The lowest BCUT2D eigenvalue weighted by atomic mass is 10.1. The molecule has 0 aromatic heterocycles. The fourth-order valence-corrected chi connectivity index (χ4v) is 2.88. The summed E-state index contributed by atoms with van der Waals surface area (Å²) >= 11 is 11.8. The van der Waals surface area contributed by atoms with Crippen molar-refractivity contribution in [2.45, 2.75) is 0 Å². The van der Waals surface area contributed by atoms with Crippen LogP contribution < -0.4 is 10.2 Å². The topological polar surface area (TPSA) is 49.4 Å². The Hall–Kier alpha value is -2.89. The summed E-state index contributed by atoms with van der Waals surface area (Å²) in [5, 5.41) is 3.32. The van der Waals surface area contributed by atoms with Gasteiger partial charge in [0.1, 0.15) is 12.4 Å². The molecule has 3 aromatic rings. The fraction of sp³-hybridized carbons (Fsp3) is 0.0476. The summed E-state index contributed by atoms with van der Waals surface area (Å²) in [5.41, 5.74) is 0.791. The monoisotopic (exact) mass is 416 g/mol. The highest BCUT2D eigenvalue weighted by Gasteiger charge is 2.23. The van der Waals surface area contributed by atoms with Crippen LogP contribution in [0, 0.1) is 5.82 Å². The van der Waals surface area contributed by atoms with E-state index in [9.17, 15) is 14.0 Å². The number of nitrogens with zero attached hydrogens (tertiary/aromatic N) is 1. The van der Waals surface area contributed by atoms with Crippen LogP contribution in [0.3, 0.4) is 0 Å². The van der Waals surface area contributed by atoms with Crippen LogP contribution >= 0.6 is 23.2 Å². The molecular formula is C21H15Cl2FN2O2. The number of hydrogen-bond donors (Lipinski definition) is 1. The fourth-order valence-electron chi connectivity index (χ4n) is 2.59. The van der Waals surface area contributed by atoms with Crippen LogP contribution in [0.5, 0.6) is 0 Å². The molecule has 3 rings (SSSR count). The molecule has 0 bridgehead atoms. The summed E-state index contributed by atoms with van der Waals surface area (Å²) in [5.74, 6) is -1.74. The lowest BCUT2D eigenvalue weighted by molar-refractivity contribution is -0.114. The molecule has 0 saturated carbocycles. The van der Waals surface area contributed by atoms with Gasteiger partial charge in [-0.3, -0.25) is 14.5 Å². The Morgan fingerprint density at radius 1 is 0.893 bits per heavy atom. The van der Waals surface area contributed by atoms with Gasteiger partial charge in [0.2, 0.25) is 5.91 Å². The van der Waals surface area contributed by atoms with Crippen LogP contribution in [-0.4, -0.2) is 18.4 Å². The van der Waals surface area contributed by atoms with E-state index >= 15 is 0 Å². The number of hydrogen-bond acceptors (Lipinski definition) is 2. The Bertz CT molecular complexity index is 1010. The van der Waals surface area contributed by atoms with Crippen molar-refractivity contribution in [2.24, 2.45) is 0 Å². The highest BCUT2D eigenvalue weighted by Crippen LogP contribution is 2.25. The molecule has 4 nitrogen and oxygen atoms in total. The lowest BCUT2D eigenvalue weighted by Crippen LogP contribution is -2.38. The maximum atomic E-state index is 14.1. The number of para-hydroxylation sites is 1. The number of halogens is 3. The lowest BCUT2D eigenvalue weighted by Gasteiger charge is -2.22. The van der Waals surface area contributed by atoms with Crippen LogP contribution in [0.15, 0.2) is 72.8 Å². The van der Waals surface area contributed by atoms with E-state index in [1.54, 1.807) is 48.5 Å². The molecule has 0 spiro atoms. The second kappa shape index (κ2) is 8.87. The first kappa shape index (κ1) is 19.9. The Labute approximate surface area is 171 Å².